The Labute approximate surface area is 221 Å². The van der Waals surface area contributed by atoms with Crippen molar-refractivity contribution in [1.29, 1.82) is 0 Å². The fraction of sp³-hybridized carbons (Fsp3) is 0.483. The summed E-state index contributed by atoms with van der Waals surface area (Å²) in [6, 6.07) is 14.0. The molecule has 1 saturated heterocycles. The van der Waals surface area contributed by atoms with Crippen LogP contribution in [-0.4, -0.2) is 48.7 Å². The van der Waals surface area contributed by atoms with Crippen molar-refractivity contribution in [3.63, 3.8) is 0 Å². The molecular formula is C29H43FN2O5. The van der Waals surface area contributed by atoms with Crippen molar-refractivity contribution in [2.75, 3.05) is 25.0 Å². The van der Waals surface area contributed by atoms with Crippen LogP contribution in [0, 0.1) is 12.7 Å². The number of carbonyl (C=O) groups excluding carboxylic acids is 3. The molecule has 2 aromatic carbocycles. The van der Waals surface area contributed by atoms with Crippen molar-refractivity contribution >= 4 is 24.2 Å². The zero-order valence-electron chi connectivity index (χ0n) is 23.3. The molecule has 1 fully saturated rings. The van der Waals surface area contributed by atoms with Gasteiger partial charge in [-0.3, -0.25) is 14.9 Å². The SMILES string of the molecule is CC.CC(C)(C)OC(=O)Nc1ccccc1.CCOC=O.Cc1cccc(F)c1C(=O)N1CCCCC1. The number of piperidine rings is 1. The number of nitrogens with zero attached hydrogens (tertiary/aromatic N) is 1. The van der Waals surface area contributed by atoms with Crippen LogP contribution in [0.1, 0.15) is 76.7 Å². The van der Waals surface area contributed by atoms with Crippen LogP contribution < -0.4 is 5.32 Å². The Morgan fingerprint density at radius 1 is 1.00 bits per heavy atom. The van der Waals surface area contributed by atoms with Gasteiger partial charge in [0, 0.05) is 18.8 Å². The van der Waals surface area contributed by atoms with Crippen LogP contribution in [0.5, 0.6) is 0 Å². The topological polar surface area (TPSA) is 84.9 Å². The molecule has 1 aliphatic rings. The maximum atomic E-state index is 13.6. The third-order valence-corrected chi connectivity index (χ3v) is 4.73. The minimum absolute atomic E-state index is 0.157. The summed E-state index contributed by atoms with van der Waals surface area (Å²) in [6.07, 6.45) is 2.79. The van der Waals surface area contributed by atoms with E-state index < -0.39 is 17.5 Å². The summed E-state index contributed by atoms with van der Waals surface area (Å²) in [5, 5.41) is 2.64. The van der Waals surface area contributed by atoms with Gasteiger partial charge in [-0.05, 0) is 77.6 Å². The van der Waals surface area contributed by atoms with Crippen molar-refractivity contribution in [3.05, 3.63) is 65.5 Å². The molecule has 0 spiro atoms. The number of para-hydroxylation sites is 1. The van der Waals surface area contributed by atoms with Crippen LogP contribution >= 0.6 is 0 Å². The molecule has 0 radical (unpaired) electrons. The second-order valence-corrected chi connectivity index (χ2v) is 8.83. The Balaban J connectivity index is 0.000000566. The number of benzene rings is 2. The summed E-state index contributed by atoms with van der Waals surface area (Å²) in [5.41, 5.74) is 1.24. The van der Waals surface area contributed by atoms with Crippen LogP contribution in [-0.2, 0) is 14.3 Å². The average Bonchev–Trinajstić information content (AvgIpc) is 2.86. The molecule has 0 bridgehead atoms. The van der Waals surface area contributed by atoms with Crippen molar-refractivity contribution < 1.29 is 28.2 Å². The molecule has 2 aromatic rings. The Morgan fingerprint density at radius 2 is 1.59 bits per heavy atom. The van der Waals surface area contributed by atoms with E-state index in [-0.39, 0.29) is 11.5 Å². The highest BCUT2D eigenvalue weighted by Gasteiger charge is 2.22. The normalized spacial score (nSPS) is 12.2. The van der Waals surface area contributed by atoms with E-state index in [1.54, 1.807) is 30.9 Å². The fourth-order valence-corrected chi connectivity index (χ4v) is 3.17. The van der Waals surface area contributed by atoms with Crippen LogP contribution in [0.25, 0.3) is 0 Å². The maximum Gasteiger partial charge on any atom is 0.412 e. The van der Waals surface area contributed by atoms with Crippen molar-refractivity contribution in [2.45, 2.75) is 73.3 Å². The molecule has 0 saturated carbocycles. The lowest BCUT2D eigenvalue weighted by atomic mass is 10.0. The first-order valence-electron chi connectivity index (χ1n) is 12.7. The van der Waals surface area contributed by atoms with Gasteiger partial charge in [-0.2, -0.15) is 0 Å². The number of carbonyl (C=O) groups is 3. The Hall–Kier alpha value is -3.42. The van der Waals surface area contributed by atoms with Crippen molar-refractivity contribution in [2.24, 2.45) is 0 Å². The van der Waals surface area contributed by atoms with Crippen molar-refractivity contribution in [1.82, 2.24) is 4.90 Å². The summed E-state index contributed by atoms with van der Waals surface area (Å²) in [7, 11) is 0. The van der Waals surface area contributed by atoms with Crippen LogP contribution in [0.2, 0.25) is 0 Å². The Kier molecular flexibility index (Phi) is 17.1. The lowest BCUT2D eigenvalue weighted by molar-refractivity contribution is -0.128. The summed E-state index contributed by atoms with van der Waals surface area (Å²) >= 11 is 0. The first kappa shape index (κ1) is 33.6. The minimum atomic E-state index is -0.459. The molecule has 0 aromatic heterocycles. The average molecular weight is 519 g/mol. The van der Waals surface area contributed by atoms with Gasteiger partial charge in [0.15, 0.2) is 0 Å². The van der Waals surface area contributed by atoms with Gasteiger partial charge >= 0.3 is 6.09 Å². The molecule has 206 valence electrons. The van der Waals surface area contributed by atoms with E-state index >= 15 is 0 Å². The molecular weight excluding hydrogens is 475 g/mol. The third-order valence-electron chi connectivity index (χ3n) is 4.73. The molecule has 0 unspecified atom stereocenters. The van der Waals surface area contributed by atoms with Gasteiger partial charge in [0.2, 0.25) is 0 Å². The van der Waals surface area contributed by atoms with Crippen LogP contribution in [0.15, 0.2) is 48.5 Å². The van der Waals surface area contributed by atoms with Gasteiger partial charge in [0.05, 0.1) is 12.2 Å². The largest absolute Gasteiger partial charge is 0.468 e. The second kappa shape index (κ2) is 18.8. The van der Waals surface area contributed by atoms with Gasteiger partial charge in [-0.25, -0.2) is 9.18 Å². The third kappa shape index (κ3) is 14.7. The van der Waals surface area contributed by atoms with Gasteiger partial charge in [-0.1, -0.05) is 44.2 Å². The summed E-state index contributed by atoms with van der Waals surface area (Å²) in [6.45, 7) is 15.4. The second-order valence-electron chi connectivity index (χ2n) is 8.83. The quantitative estimate of drug-likeness (QED) is 0.441. The number of rotatable bonds is 4. The van der Waals surface area contributed by atoms with Crippen molar-refractivity contribution in [3.8, 4) is 0 Å². The van der Waals surface area contributed by atoms with E-state index in [4.69, 9.17) is 4.74 Å². The molecule has 1 heterocycles. The van der Waals surface area contributed by atoms with E-state index in [0.29, 0.717) is 13.1 Å². The summed E-state index contributed by atoms with van der Waals surface area (Å²) in [5.74, 6) is -0.564. The number of anilines is 1. The molecule has 3 rings (SSSR count). The zero-order chi connectivity index (χ0) is 28.3. The first-order valence-corrected chi connectivity index (χ1v) is 12.7. The number of amides is 2. The van der Waals surface area contributed by atoms with E-state index in [0.717, 1.165) is 37.2 Å². The standard InChI is InChI=1S/C13H16FNO.C11H15NO2.C3H6O2.C2H6/c1-10-6-5-7-11(14)12(10)13(16)15-8-3-2-4-9-15;1-11(2,3)14-10(13)12-9-7-5-4-6-8-9;1-2-5-3-4;1-2/h5-7H,2-4,8-9H2,1H3;4-8H,1-3H3,(H,12,13);3H,2H2,1H3;1-2H3. The molecule has 0 atom stereocenters. The van der Waals surface area contributed by atoms with E-state index in [2.05, 4.69) is 10.1 Å². The van der Waals surface area contributed by atoms with Crippen LogP contribution in [0.3, 0.4) is 0 Å². The Morgan fingerprint density at radius 3 is 2.05 bits per heavy atom. The number of hydrogen-bond donors (Lipinski definition) is 1. The number of likely N-dealkylation sites (tertiary alicyclic amines) is 1. The smallest absolute Gasteiger partial charge is 0.412 e. The maximum absolute atomic E-state index is 13.6. The lowest BCUT2D eigenvalue weighted by Crippen LogP contribution is -2.36. The molecule has 1 N–H and O–H groups in total. The van der Waals surface area contributed by atoms with Gasteiger partial charge in [0.25, 0.3) is 12.4 Å². The molecule has 0 aliphatic carbocycles. The predicted molar refractivity (Wildman–Crippen MR) is 146 cm³/mol. The van der Waals surface area contributed by atoms with Gasteiger partial charge in [0.1, 0.15) is 11.4 Å². The molecule has 8 heteroatoms. The minimum Gasteiger partial charge on any atom is -0.468 e. The highest BCUT2D eigenvalue weighted by Crippen LogP contribution is 2.18. The lowest BCUT2D eigenvalue weighted by Gasteiger charge is -2.27. The summed E-state index contributed by atoms with van der Waals surface area (Å²) < 4.78 is 22.9. The summed E-state index contributed by atoms with van der Waals surface area (Å²) in [4.78, 5) is 34.4. The number of ether oxygens (including phenoxy) is 2. The van der Waals surface area contributed by atoms with Gasteiger partial charge in [-0.15, -0.1) is 0 Å². The highest BCUT2D eigenvalue weighted by atomic mass is 19.1. The fourth-order valence-electron chi connectivity index (χ4n) is 3.17. The molecule has 37 heavy (non-hydrogen) atoms. The van der Waals surface area contributed by atoms with E-state index in [9.17, 15) is 18.8 Å². The van der Waals surface area contributed by atoms with E-state index in [1.807, 2.05) is 65.0 Å². The molecule has 1 aliphatic heterocycles. The zero-order valence-corrected chi connectivity index (χ0v) is 23.3. The predicted octanol–water partition coefficient (Wildman–Crippen LogP) is 7.00. The Bertz CT molecular complexity index is 903. The number of nitrogens with one attached hydrogen (secondary N) is 1. The monoisotopic (exact) mass is 518 g/mol. The van der Waals surface area contributed by atoms with Gasteiger partial charge < -0.3 is 14.4 Å². The molecule has 7 nitrogen and oxygen atoms in total. The highest BCUT2D eigenvalue weighted by molar-refractivity contribution is 5.96. The molecule has 2 amide bonds. The van der Waals surface area contributed by atoms with E-state index in [1.165, 1.54) is 12.5 Å². The number of halogens is 1. The number of hydrogen-bond acceptors (Lipinski definition) is 5. The van der Waals surface area contributed by atoms with Crippen LogP contribution in [0.4, 0.5) is 14.9 Å². The first-order chi connectivity index (χ1) is 17.6. The number of aryl methyl sites for hydroxylation is 1.